The Balaban J connectivity index is 2.54. The maximum absolute atomic E-state index is 12.6. The lowest BCUT2D eigenvalue weighted by molar-refractivity contribution is -0.127. The van der Waals surface area contributed by atoms with Gasteiger partial charge in [-0.05, 0) is 35.4 Å². The van der Waals surface area contributed by atoms with Crippen LogP contribution in [-0.2, 0) is 9.53 Å². The summed E-state index contributed by atoms with van der Waals surface area (Å²) in [4.78, 5) is 24.4. The summed E-state index contributed by atoms with van der Waals surface area (Å²) in [6.45, 7) is 1.63. The van der Waals surface area contributed by atoms with Gasteiger partial charge in [-0.25, -0.2) is 4.79 Å². The summed E-state index contributed by atoms with van der Waals surface area (Å²) < 4.78 is 10.9. The lowest BCUT2D eigenvalue weighted by atomic mass is 10.0. The van der Waals surface area contributed by atoms with E-state index in [1.54, 1.807) is 6.92 Å². The average Bonchev–Trinajstić information content (AvgIpc) is 2.62. The molecule has 1 aromatic rings. The monoisotopic (exact) mass is 440 g/mol. The van der Waals surface area contributed by atoms with E-state index in [1.807, 2.05) is 0 Å². The Labute approximate surface area is 165 Å². The fourth-order valence-corrected chi connectivity index (χ4v) is 3.17. The first-order valence-corrected chi connectivity index (χ1v) is 9.09. The number of halogens is 1. The second-order valence-corrected chi connectivity index (χ2v) is 6.90. The number of methoxy groups -OCH3 is 1. The number of aliphatic hydroxyl groups excluding tert-OH is 2. The van der Waals surface area contributed by atoms with Crippen molar-refractivity contribution in [3.63, 3.8) is 0 Å². The zero-order valence-corrected chi connectivity index (χ0v) is 16.5. The van der Waals surface area contributed by atoms with Gasteiger partial charge in [0.15, 0.2) is 5.78 Å². The van der Waals surface area contributed by atoms with Gasteiger partial charge in [-0.1, -0.05) is 18.2 Å². The van der Waals surface area contributed by atoms with Gasteiger partial charge < -0.3 is 24.8 Å². The van der Waals surface area contributed by atoms with E-state index >= 15 is 0 Å². The number of hydrogen-bond acceptors (Lipinski definition) is 7. The molecule has 1 aromatic carbocycles. The average molecular weight is 441 g/mol. The van der Waals surface area contributed by atoms with Crippen molar-refractivity contribution in [3.05, 3.63) is 39.9 Å². The summed E-state index contributed by atoms with van der Waals surface area (Å²) in [5, 5.41) is 30.2. The number of ether oxygens (including phenoxy) is 2. The van der Waals surface area contributed by atoms with Crippen LogP contribution in [0.25, 0.3) is 6.08 Å². The molecule has 0 saturated carbocycles. The number of benzene rings is 1. The quantitative estimate of drug-likeness (QED) is 0.574. The Morgan fingerprint density at radius 1 is 1.19 bits per heavy atom. The zero-order valence-electron chi connectivity index (χ0n) is 14.9. The van der Waals surface area contributed by atoms with Gasteiger partial charge in [0.1, 0.15) is 29.3 Å². The number of phenols is 1. The van der Waals surface area contributed by atoms with Crippen molar-refractivity contribution in [1.82, 2.24) is 0 Å². The molecule has 0 bridgehead atoms. The predicted molar refractivity (Wildman–Crippen MR) is 102 cm³/mol. The Kier molecular flexibility index (Phi) is 7.18. The van der Waals surface area contributed by atoms with Crippen LogP contribution < -0.4 is 4.74 Å². The van der Waals surface area contributed by atoms with Gasteiger partial charge in [0, 0.05) is 18.1 Å². The summed E-state index contributed by atoms with van der Waals surface area (Å²) in [6.07, 6.45) is 2.30. The number of fused-ring (bicyclic) bond motifs is 1. The van der Waals surface area contributed by atoms with Crippen molar-refractivity contribution in [2.75, 3.05) is 7.11 Å². The van der Waals surface area contributed by atoms with Gasteiger partial charge in [-0.15, -0.1) is 0 Å². The van der Waals surface area contributed by atoms with Crippen LogP contribution in [0.4, 0.5) is 0 Å². The number of carbonyl (C=O) groups is 2. The maximum Gasteiger partial charge on any atom is 0.342 e. The minimum atomic E-state index is -1.56. The number of carbonyl (C=O) groups excluding carboxylic acids is 2. The molecule has 0 aromatic heterocycles. The Bertz CT molecular complexity index is 785. The number of cyclic esters (lactones) is 1. The van der Waals surface area contributed by atoms with Crippen molar-refractivity contribution in [3.8, 4) is 11.5 Å². The summed E-state index contributed by atoms with van der Waals surface area (Å²) in [5.74, 6) is -1.38. The van der Waals surface area contributed by atoms with Crippen LogP contribution in [0.3, 0.4) is 0 Å². The van der Waals surface area contributed by atoms with Crippen molar-refractivity contribution in [1.29, 1.82) is 0 Å². The van der Waals surface area contributed by atoms with Gasteiger partial charge in [-0.3, -0.25) is 4.79 Å². The number of ketones is 1. The van der Waals surface area contributed by atoms with Crippen molar-refractivity contribution in [2.24, 2.45) is 0 Å². The van der Waals surface area contributed by atoms with Crippen molar-refractivity contribution >= 4 is 33.8 Å². The zero-order chi connectivity index (χ0) is 20.1. The summed E-state index contributed by atoms with van der Waals surface area (Å²) >= 11 is 3.34. The molecule has 0 unspecified atom stereocenters. The summed E-state index contributed by atoms with van der Waals surface area (Å²) in [5.41, 5.74) is 0.239. The minimum Gasteiger partial charge on any atom is -0.507 e. The topological polar surface area (TPSA) is 113 Å². The lowest BCUT2D eigenvalue weighted by Crippen LogP contribution is -2.32. The van der Waals surface area contributed by atoms with E-state index in [0.29, 0.717) is 15.8 Å². The first-order chi connectivity index (χ1) is 12.8. The molecular weight excluding hydrogens is 420 g/mol. The van der Waals surface area contributed by atoms with Crippen LogP contribution in [0.5, 0.6) is 11.5 Å². The number of aliphatic hydroxyl groups is 2. The fraction of sp³-hybridized carbons (Fsp3) is 0.368. The third-order valence-electron chi connectivity index (χ3n) is 4.05. The summed E-state index contributed by atoms with van der Waals surface area (Å²) in [6, 6.07) is 1.29. The predicted octanol–water partition coefficient (Wildman–Crippen LogP) is 2.36. The molecule has 0 spiro atoms. The molecule has 0 saturated heterocycles. The molecule has 8 heteroatoms. The van der Waals surface area contributed by atoms with E-state index in [1.165, 1.54) is 31.4 Å². The third kappa shape index (κ3) is 4.97. The Morgan fingerprint density at radius 2 is 1.85 bits per heavy atom. The number of aromatic hydroxyl groups is 1. The first-order valence-electron chi connectivity index (χ1n) is 8.29. The molecule has 3 atom stereocenters. The van der Waals surface area contributed by atoms with Crippen LogP contribution in [0.1, 0.15) is 35.7 Å². The molecule has 1 heterocycles. The molecule has 1 aliphatic rings. The normalized spacial score (nSPS) is 24.1. The SMILES string of the molecule is COc1cc(O)c2c(c1Br)C=CC[C@H](O)[C@H](O)C(=O)C=CC[C@H](C)OC2=O. The molecule has 1 aliphatic heterocycles. The highest BCUT2D eigenvalue weighted by molar-refractivity contribution is 9.10. The van der Waals surface area contributed by atoms with Crippen LogP contribution in [-0.4, -0.2) is 52.5 Å². The maximum atomic E-state index is 12.6. The van der Waals surface area contributed by atoms with Crippen LogP contribution in [0.15, 0.2) is 28.8 Å². The van der Waals surface area contributed by atoms with E-state index in [2.05, 4.69) is 15.9 Å². The van der Waals surface area contributed by atoms with E-state index < -0.39 is 30.1 Å². The fourth-order valence-electron chi connectivity index (χ4n) is 2.57. The van der Waals surface area contributed by atoms with E-state index in [4.69, 9.17) is 9.47 Å². The molecule has 3 N–H and O–H groups in total. The van der Waals surface area contributed by atoms with E-state index in [-0.39, 0.29) is 24.2 Å². The molecule has 7 nitrogen and oxygen atoms in total. The standard InChI is InChI=1S/C19H21BrO7/c1-10-5-3-7-12(21)18(24)13(22)8-4-6-11-16(19(25)27-10)14(23)9-15(26-2)17(11)20/h3-4,6-7,9-10,13,18,22-24H,5,8H2,1-2H3/t10-,13-,18+/m0/s1. The molecular formula is C19H21BrO7. The number of esters is 1. The number of phenolic OH excluding ortho intramolecular Hbond substituents is 1. The van der Waals surface area contributed by atoms with Gasteiger partial charge in [-0.2, -0.15) is 0 Å². The van der Waals surface area contributed by atoms with Crippen LogP contribution in [0, 0.1) is 0 Å². The third-order valence-corrected chi connectivity index (χ3v) is 4.86. The molecule has 0 amide bonds. The molecule has 0 aliphatic carbocycles. The first kappa shape index (κ1) is 21.1. The lowest BCUT2D eigenvalue weighted by Gasteiger charge is -2.17. The van der Waals surface area contributed by atoms with Gasteiger partial charge in [0.25, 0.3) is 0 Å². The highest BCUT2D eigenvalue weighted by atomic mass is 79.9. The molecule has 146 valence electrons. The van der Waals surface area contributed by atoms with Crippen molar-refractivity contribution in [2.45, 2.75) is 38.1 Å². The van der Waals surface area contributed by atoms with E-state index in [0.717, 1.165) is 6.08 Å². The Morgan fingerprint density at radius 3 is 2.52 bits per heavy atom. The molecule has 0 fully saturated rings. The highest BCUT2D eigenvalue weighted by Crippen LogP contribution is 2.38. The van der Waals surface area contributed by atoms with E-state index in [9.17, 15) is 24.9 Å². The Hall–Kier alpha value is -2.16. The second kappa shape index (κ2) is 9.16. The minimum absolute atomic E-state index is 0.0456. The van der Waals surface area contributed by atoms with Gasteiger partial charge in [0.05, 0.1) is 17.7 Å². The van der Waals surface area contributed by atoms with Gasteiger partial charge >= 0.3 is 5.97 Å². The largest absolute Gasteiger partial charge is 0.507 e. The van der Waals surface area contributed by atoms with Crippen molar-refractivity contribution < 1.29 is 34.4 Å². The number of hydrogen-bond donors (Lipinski definition) is 3. The second-order valence-electron chi connectivity index (χ2n) is 6.11. The van der Waals surface area contributed by atoms with Gasteiger partial charge in [0.2, 0.25) is 0 Å². The molecule has 0 radical (unpaired) electrons. The molecule has 27 heavy (non-hydrogen) atoms. The smallest absolute Gasteiger partial charge is 0.342 e. The summed E-state index contributed by atoms with van der Waals surface area (Å²) in [7, 11) is 1.41. The highest BCUT2D eigenvalue weighted by Gasteiger charge is 2.25. The molecule has 2 rings (SSSR count). The van der Waals surface area contributed by atoms with Crippen LogP contribution >= 0.6 is 15.9 Å². The number of rotatable bonds is 1. The van der Waals surface area contributed by atoms with Crippen LogP contribution in [0.2, 0.25) is 0 Å².